The lowest BCUT2D eigenvalue weighted by molar-refractivity contribution is 0.607. The van der Waals surface area contributed by atoms with Crippen molar-refractivity contribution >= 4 is 68.3 Å². The minimum absolute atomic E-state index is 0.0283. The second-order valence-electron chi connectivity index (χ2n) is 14.7. The van der Waals surface area contributed by atoms with Crippen LogP contribution in [0, 0.1) is 62.0 Å². The van der Waals surface area contributed by atoms with Gasteiger partial charge in [-0.25, -0.2) is 38.7 Å². The molecule has 0 radical (unpaired) electrons. The van der Waals surface area contributed by atoms with Crippen LogP contribution in [0.3, 0.4) is 0 Å². The van der Waals surface area contributed by atoms with Gasteiger partial charge < -0.3 is 22.1 Å². The van der Waals surface area contributed by atoms with Crippen LogP contribution in [0.15, 0.2) is 70.8 Å². The molecule has 0 unspecified atom stereocenters. The number of aryl methyl sites for hydroxylation is 2. The summed E-state index contributed by atoms with van der Waals surface area (Å²) in [6.45, 7) is 9.82. The van der Waals surface area contributed by atoms with Gasteiger partial charge in [-0.15, -0.1) is 0 Å². The van der Waals surface area contributed by atoms with E-state index < -0.39 is 34.8 Å². The quantitative estimate of drug-likeness (QED) is 0.117. The molecule has 0 aliphatic heterocycles. The molecular formula is C44H36Cl2F2N16O2. The van der Waals surface area contributed by atoms with Crippen molar-refractivity contribution in [3.63, 3.8) is 0 Å². The minimum Gasteiger partial charge on any atom is -0.382 e. The van der Waals surface area contributed by atoms with Gasteiger partial charge in [-0.2, -0.15) is 10.5 Å². The Kier molecular flexibility index (Phi) is 12.8. The first-order valence-electron chi connectivity index (χ1n) is 19.7. The van der Waals surface area contributed by atoms with E-state index in [2.05, 4.69) is 50.5 Å². The van der Waals surface area contributed by atoms with Crippen LogP contribution >= 0.6 is 23.2 Å². The molecule has 0 aliphatic carbocycles. The zero-order valence-electron chi connectivity index (χ0n) is 35.8. The van der Waals surface area contributed by atoms with E-state index in [9.17, 15) is 28.9 Å². The molecule has 0 saturated heterocycles. The highest BCUT2D eigenvalue weighted by Gasteiger charge is 2.25. The molecule has 18 nitrogen and oxygen atoms in total. The van der Waals surface area contributed by atoms with E-state index in [0.29, 0.717) is 22.7 Å². The van der Waals surface area contributed by atoms with Crippen molar-refractivity contribution in [3.8, 4) is 23.5 Å². The fourth-order valence-electron chi connectivity index (χ4n) is 7.05. The fraction of sp³-hybridized carbons (Fsp3) is 0.182. The highest BCUT2D eigenvalue weighted by atomic mass is 35.5. The third kappa shape index (κ3) is 8.57. The van der Waals surface area contributed by atoms with Crippen molar-refractivity contribution in [2.24, 2.45) is 0 Å². The third-order valence-electron chi connectivity index (χ3n) is 10.3. The van der Waals surface area contributed by atoms with E-state index in [1.165, 1.54) is 21.5 Å². The van der Waals surface area contributed by atoms with Crippen molar-refractivity contribution in [2.75, 3.05) is 22.1 Å². The van der Waals surface area contributed by atoms with Crippen molar-refractivity contribution in [1.29, 1.82) is 10.5 Å². The molecular weight excluding hydrogens is 893 g/mol. The van der Waals surface area contributed by atoms with Crippen molar-refractivity contribution in [3.05, 3.63) is 149 Å². The van der Waals surface area contributed by atoms with Crippen LogP contribution in [-0.2, 0) is 0 Å². The number of nitrogens with two attached hydrogens (primary N) is 2. The average Bonchev–Trinajstić information content (AvgIpc) is 3.26. The molecule has 0 amide bonds. The molecule has 66 heavy (non-hydrogen) atoms. The second kappa shape index (κ2) is 18.5. The fourth-order valence-corrected chi connectivity index (χ4v) is 7.55. The second-order valence-corrected chi connectivity index (χ2v) is 15.5. The predicted molar refractivity (Wildman–Crippen MR) is 246 cm³/mol. The number of benzene rings is 2. The molecule has 22 heteroatoms. The van der Waals surface area contributed by atoms with Gasteiger partial charge in [0.25, 0.3) is 11.1 Å². The van der Waals surface area contributed by atoms with E-state index in [-0.39, 0.29) is 89.4 Å². The lowest BCUT2D eigenvalue weighted by Gasteiger charge is -2.21. The number of anilines is 4. The smallest absolute Gasteiger partial charge is 0.267 e. The number of aromatic nitrogens is 10. The molecule has 332 valence electrons. The Morgan fingerprint density at radius 1 is 0.621 bits per heavy atom. The molecule has 6 N–H and O–H groups in total. The maximum Gasteiger partial charge on any atom is 0.267 e. The molecule has 6 aromatic heterocycles. The van der Waals surface area contributed by atoms with Gasteiger partial charge >= 0.3 is 0 Å². The molecule has 6 heterocycles. The first-order chi connectivity index (χ1) is 31.4. The SMILES string of the molecule is Cc1nc(N)c(C#N)c(N[C@H](C)c2nc3cccc(Cl)c3c(=O)n2-c2cncc(F)c2C)n1.Cc1nc(N)c(C#N)c(N[C@H](C)c2nc3cccc(Cl)c3c(=O)n2-c2cncc(F)c2C)n1. The third-order valence-corrected chi connectivity index (χ3v) is 10.9. The highest BCUT2D eigenvalue weighted by molar-refractivity contribution is 6.35. The van der Waals surface area contributed by atoms with Gasteiger partial charge in [-0.1, -0.05) is 35.3 Å². The van der Waals surface area contributed by atoms with Gasteiger partial charge in [0.1, 0.15) is 69.8 Å². The monoisotopic (exact) mass is 928 g/mol. The van der Waals surface area contributed by atoms with Crippen LogP contribution < -0.4 is 33.2 Å². The highest BCUT2D eigenvalue weighted by Crippen LogP contribution is 2.30. The van der Waals surface area contributed by atoms with E-state index in [4.69, 9.17) is 34.7 Å². The number of hydrogen-bond acceptors (Lipinski definition) is 16. The maximum atomic E-state index is 14.4. The number of rotatable bonds is 8. The molecule has 0 bridgehead atoms. The number of fused-ring (bicyclic) bond motifs is 2. The Morgan fingerprint density at radius 3 is 1.36 bits per heavy atom. The Labute approximate surface area is 383 Å². The molecule has 0 spiro atoms. The summed E-state index contributed by atoms with van der Waals surface area (Å²) in [4.78, 5) is 60.8. The maximum absolute atomic E-state index is 14.4. The Bertz CT molecular complexity index is 3250. The summed E-state index contributed by atoms with van der Waals surface area (Å²) in [7, 11) is 0. The molecule has 0 saturated carbocycles. The summed E-state index contributed by atoms with van der Waals surface area (Å²) < 4.78 is 31.2. The van der Waals surface area contributed by atoms with E-state index >= 15 is 0 Å². The first-order valence-corrected chi connectivity index (χ1v) is 20.5. The summed E-state index contributed by atoms with van der Waals surface area (Å²) in [5.74, 6) is 0.498. The normalized spacial score (nSPS) is 11.9. The average molecular weight is 930 g/mol. The lowest BCUT2D eigenvalue weighted by Crippen LogP contribution is -2.28. The van der Waals surface area contributed by atoms with Gasteiger partial charge in [0, 0.05) is 11.1 Å². The number of nitrogens with zero attached hydrogens (tertiary/aromatic N) is 12. The van der Waals surface area contributed by atoms with Crippen molar-refractivity contribution in [1.82, 2.24) is 49.0 Å². The number of nitriles is 2. The van der Waals surface area contributed by atoms with Gasteiger partial charge in [-0.3, -0.25) is 28.7 Å². The summed E-state index contributed by atoms with van der Waals surface area (Å²) in [5, 5.41) is 26.0. The van der Waals surface area contributed by atoms with Gasteiger partial charge in [-0.05, 0) is 65.8 Å². The lowest BCUT2D eigenvalue weighted by atomic mass is 10.1. The zero-order valence-corrected chi connectivity index (χ0v) is 37.3. The summed E-state index contributed by atoms with van der Waals surface area (Å²) in [6, 6.07) is 12.5. The zero-order chi connectivity index (χ0) is 47.7. The number of halogens is 4. The Morgan fingerprint density at radius 2 is 1.00 bits per heavy atom. The topological polar surface area (TPSA) is 271 Å². The molecule has 8 aromatic rings. The van der Waals surface area contributed by atoms with Crippen LogP contribution in [0.5, 0.6) is 0 Å². The molecule has 0 fully saturated rings. The number of pyridine rings is 2. The number of hydrogen-bond donors (Lipinski definition) is 4. The van der Waals surface area contributed by atoms with Crippen molar-refractivity contribution in [2.45, 2.75) is 53.6 Å². The Hall–Kier alpha value is -8.20. The van der Waals surface area contributed by atoms with E-state index in [0.717, 1.165) is 12.4 Å². The summed E-state index contributed by atoms with van der Waals surface area (Å²) >= 11 is 12.6. The van der Waals surface area contributed by atoms with Crippen LogP contribution in [0.4, 0.5) is 32.1 Å². The van der Waals surface area contributed by atoms with Gasteiger partial charge in [0.05, 0.1) is 80.1 Å². The first kappa shape index (κ1) is 45.8. The largest absolute Gasteiger partial charge is 0.382 e. The molecule has 2 aromatic carbocycles. The standard InChI is InChI=1S/2C22H18ClFN8O/c2*1-10-15(24)8-27-9-17(10)32-21(31-16-6-4-5-14(23)18(16)22(32)33)11(2)28-20-13(7-25)19(26)29-12(3)30-20/h2*4-6,8-9,11H,1-3H3,(H3,26,28,29,30)/t2*11-/m11/s1. The number of nitrogen functional groups attached to an aromatic ring is 2. The molecule has 2 atom stereocenters. The summed E-state index contributed by atoms with van der Waals surface area (Å²) in [5.41, 5.74) is 12.5. The van der Waals surface area contributed by atoms with Crippen LogP contribution in [0.2, 0.25) is 10.0 Å². The van der Waals surface area contributed by atoms with Crippen LogP contribution in [0.1, 0.15) is 71.5 Å². The minimum atomic E-state index is -0.662. The molecule has 8 rings (SSSR count). The number of nitrogens with one attached hydrogen (secondary N) is 2. The van der Waals surface area contributed by atoms with E-state index in [1.807, 2.05) is 12.1 Å². The van der Waals surface area contributed by atoms with Crippen molar-refractivity contribution < 1.29 is 8.78 Å². The predicted octanol–water partition coefficient (Wildman–Crippen LogP) is 7.21. The van der Waals surface area contributed by atoms with Crippen LogP contribution in [0.25, 0.3) is 33.2 Å². The van der Waals surface area contributed by atoms with Gasteiger partial charge in [0.2, 0.25) is 0 Å². The summed E-state index contributed by atoms with van der Waals surface area (Å²) in [6.07, 6.45) is 4.90. The van der Waals surface area contributed by atoms with E-state index in [1.54, 1.807) is 77.9 Å². The van der Waals surface area contributed by atoms with Crippen LogP contribution in [-0.4, -0.2) is 49.0 Å². The van der Waals surface area contributed by atoms with Gasteiger partial charge in [0.15, 0.2) is 11.6 Å². The molecule has 0 aliphatic rings. The Balaban J connectivity index is 0.000000196.